The van der Waals surface area contributed by atoms with Crippen molar-refractivity contribution in [1.29, 1.82) is 0 Å². The van der Waals surface area contributed by atoms with E-state index in [9.17, 15) is 18.0 Å². The summed E-state index contributed by atoms with van der Waals surface area (Å²) in [6, 6.07) is 5.06. The number of nitrogens with one attached hydrogen (secondary N) is 1. The number of halogens is 3. The van der Waals surface area contributed by atoms with Crippen LogP contribution in [0.15, 0.2) is 30.6 Å². The van der Waals surface area contributed by atoms with Crippen molar-refractivity contribution in [2.45, 2.75) is 39.5 Å². The molecule has 26 heavy (non-hydrogen) atoms. The predicted molar refractivity (Wildman–Crippen MR) is 88.7 cm³/mol. The Hall–Kier alpha value is -2.84. The van der Waals surface area contributed by atoms with Crippen LogP contribution in [0.5, 0.6) is 0 Å². The Kier molecular flexibility index (Phi) is 4.47. The molecule has 1 N–H and O–H groups in total. The van der Waals surface area contributed by atoms with Gasteiger partial charge in [-0.2, -0.15) is 18.3 Å². The van der Waals surface area contributed by atoms with Crippen molar-refractivity contribution in [1.82, 2.24) is 24.5 Å². The minimum absolute atomic E-state index is 0.0180. The van der Waals surface area contributed by atoms with Crippen LogP contribution in [0.2, 0.25) is 0 Å². The van der Waals surface area contributed by atoms with Crippen LogP contribution in [0.1, 0.15) is 47.3 Å². The molecular weight excluding hydrogens is 347 g/mol. The van der Waals surface area contributed by atoms with E-state index in [1.165, 1.54) is 0 Å². The van der Waals surface area contributed by atoms with Gasteiger partial charge in [-0.3, -0.25) is 9.48 Å². The van der Waals surface area contributed by atoms with Crippen LogP contribution in [0.25, 0.3) is 5.65 Å². The molecule has 0 aliphatic heterocycles. The van der Waals surface area contributed by atoms with Crippen LogP contribution < -0.4 is 5.32 Å². The number of alkyl halides is 3. The first kappa shape index (κ1) is 18.0. The van der Waals surface area contributed by atoms with E-state index in [-0.39, 0.29) is 6.54 Å². The Morgan fingerprint density at radius 3 is 2.65 bits per heavy atom. The Morgan fingerprint density at radius 1 is 1.31 bits per heavy atom. The number of fused-ring (bicyclic) bond motifs is 1. The lowest BCUT2D eigenvalue weighted by Gasteiger charge is -2.14. The molecule has 9 heteroatoms. The lowest BCUT2D eigenvalue weighted by Crippen LogP contribution is -2.27. The maximum atomic E-state index is 13.4. The van der Waals surface area contributed by atoms with Gasteiger partial charge in [0, 0.05) is 17.9 Å². The fourth-order valence-corrected chi connectivity index (χ4v) is 2.75. The number of pyridine rings is 1. The number of aromatic nitrogens is 4. The summed E-state index contributed by atoms with van der Waals surface area (Å²) < 4.78 is 42.7. The highest BCUT2D eigenvalue weighted by Crippen LogP contribution is 2.33. The molecule has 0 unspecified atom stereocenters. The molecule has 0 radical (unpaired) electrons. The number of imidazole rings is 1. The number of rotatable bonds is 4. The summed E-state index contributed by atoms with van der Waals surface area (Å²) in [6.07, 6.45) is -1.98. The van der Waals surface area contributed by atoms with Gasteiger partial charge in [0.1, 0.15) is 5.65 Å². The molecule has 1 amide bonds. The zero-order chi connectivity index (χ0) is 19.1. The van der Waals surface area contributed by atoms with Crippen molar-refractivity contribution in [3.63, 3.8) is 0 Å². The molecule has 0 aliphatic rings. The first-order valence-corrected chi connectivity index (χ1v) is 8.05. The van der Waals surface area contributed by atoms with Crippen molar-refractivity contribution in [2.24, 2.45) is 0 Å². The van der Waals surface area contributed by atoms with Gasteiger partial charge in [0.2, 0.25) is 0 Å². The van der Waals surface area contributed by atoms with Crippen LogP contribution in [-0.2, 0) is 12.7 Å². The van der Waals surface area contributed by atoms with E-state index in [1.54, 1.807) is 20.0 Å². The Bertz CT molecular complexity index is 955. The van der Waals surface area contributed by atoms with Crippen LogP contribution in [0, 0.1) is 6.92 Å². The highest BCUT2D eigenvalue weighted by molar-refractivity contribution is 5.95. The van der Waals surface area contributed by atoms with Gasteiger partial charge in [-0.1, -0.05) is 6.07 Å². The Morgan fingerprint density at radius 2 is 2.04 bits per heavy atom. The molecule has 6 nitrogen and oxygen atoms in total. The van der Waals surface area contributed by atoms with Crippen LogP contribution in [-0.4, -0.2) is 25.1 Å². The van der Waals surface area contributed by atoms with Gasteiger partial charge in [-0.15, -0.1) is 0 Å². The lowest BCUT2D eigenvalue weighted by atomic mass is 10.2. The smallest absolute Gasteiger partial charge is 0.346 e. The summed E-state index contributed by atoms with van der Waals surface area (Å²) in [5, 5.41) is 6.21. The third-order valence-corrected chi connectivity index (χ3v) is 3.97. The first-order valence-electron chi connectivity index (χ1n) is 8.05. The highest BCUT2D eigenvalue weighted by Gasteiger charge is 2.40. The van der Waals surface area contributed by atoms with E-state index >= 15 is 0 Å². The molecule has 0 aromatic carbocycles. The molecule has 0 spiro atoms. The summed E-state index contributed by atoms with van der Waals surface area (Å²) >= 11 is 0. The predicted octanol–water partition coefficient (Wildman–Crippen LogP) is 3.37. The van der Waals surface area contributed by atoms with Gasteiger partial charge < -0.3 is 9.72 Å². The molecule has 3 aromatic heterocycles. The second-order valence-corrected chi connectivity index (χ2v) is 6.25. The number of aryl methyl sites for hydroxylation is 1. The van der Waals surface area contributed by atoms with Crippen molar-refractivity contribution in [3.05, 3.63) is 53.2 Å². The highest BCUT2D eigenvalue weighted by atomic mass is 19.4. The summed E-state index contributed by atoms with van der Waals surface area (Å²) in [7, 11) is 0. The van der Waals surface area contributed by atoms with E-state index in [0.29, 0.717) is 11.3 Å². The molecule has 0 bridgehead atoms. The number of nitrogens with zero attached hydrogens (tertiary/aromatic N) is 4. The third kappa shape index (κ3) is 3.29. The van der Waals surface area contributed by atoms with E-state index < -0.39 is 29.4 Å². The number of hydrogen-bond donors (Lipinski definition) is 1. The van der Waals surface area contributed by atoms with E-state index in [4.69, 9.17) is 0 Å². The number of amides is 1. The zero-order valence-electron chi connectivity index (χ0n) is 14.5. The normalized spacial score (nSPS) is 12.1. The third-order valence-electron chi connectivity index (χ3n) is 3.97. The van der Waals surface area contributed by atoms with Gasteiger partial charge in [0.25, 0.3) is 5.91 Å². The second kappa shape index (κ2) is 6.47. The van der Waals surface area contributed by atoms with Crippen LogP contribution in [0.3, 0.4) is 0 Å². The Balaban J connectivity index is 1.83. The van der Waals surface area contributed by atoms with E-state index in [0.717, 1.165) is 16.6 Å². The molecule has 0 aliphatic carbocycles. The standard InChI is InChI=1S/C17H18F3N5O/c1-10(2)25-15(17(18,19)20)13(8-22-25)16(26)21-7-12-9-24-11(3)5-4-6-14(24)23-12/h4-6,8-10H,7H2,1-3H3,(H,21,26). The van der Waals surface area contributed by atoms with Gasteiger partial charge in [-0.05, 0) is 32.9 Å². The summed E-state index contributed by atoms with van der Waals surface area (Å²) in [5.74, 6) is -0.835. The minimum atomic E-state index is -4.67. The monoisotopic (exact) mass is 365 g/mol. The van der Waals surface area contributed by atoms with Crippen LogP contribution >= 0.6 is 0 Å². The van der Waals surface area contributed by atoms with Crippen molar-refractivity contribution < 1.29 is 18.0 Å². The van der Waals surface area contributed by atoms with Crippen LogP contribution in [0.4, 0.5) is 13.2 Å². The summed E-state index contributed by atoms with van der Waals surface area (Å²) in [4.78, 5) is 16.7. The second-order valence-electron chi connectivity index (χ2n) is 6.25. The van der Waals surface area contributed by atoms with Crippen molar-refractivity contribution in [3.8, 4) is 0 Å². The summed E-state index contributed by atoms with van der Waals surface area (Å²) in [6.45, 7) is 5.07. The van der Waals surface area contributed by atoms with Gasteiger partial charge in [0.05, 0.1) is 24.0 Å². The quantitative estimate of drug-likeness (QED) is 0.771. The maximum Gasteiger partial charge on any atom is 0.433 e. The molecule has 3 rings (SSSR count). The fraction of sp³-hybridized carbons (Fsp3) is 0.353. The fourth-order valence-electron chi connectivity index (χ4n) is 2.75. The number of carbonyl (C=O) groups excluding carboxylic acids is 1. The molecule has 3 heterocycles. The summed E-state index contributed by atoms with van der Waals surface area (Å²) in [5.41, 5.74) is 0.683. The first-order chi connectivity index (χ1) is 12.2. The Labute approximate surface area is 147 Å². The SMILES string of the molecule is Cc1cccc2nc(CNC(=O)c3cnn(C(C)C)c3C(F)(F)F)cn12. The molecule has 0 fully saturated rings. The van der Waals surface area contributed by atoms with Gasteiger partial charge in [0.15, 0.2) is 5.69 Å². The topological polar surface area (TPSA) is 64.2 Å². The molecule has 0 atom stereocenters. The molecular formula is C17H18F3N5O. The van der Waals surface area contributed by atoms with Crippen molar-refractivity contribution in [2.75, 3.05) is 0 Å². The van der Waals surface area contributed by atoms with Gasteiger partial charge in [-0.25, -0.2) is 4.98 Å². The zero-order valence-corrected chi connectivity index (χ0v) is 14.5. The largest absolute Gasteiger partial charge is 0.433 e. The van der Waals surface area contributed by atoms with Crippen molar-refractivity contribution >= 4 is 11.6 Å². The number of hydrogen-bond acceptors (Lipinski definition) is 3. The average molecular weight is 365 g/mol. The lowest BCUT2D eigenvalue weighted by molar-refractivity contribution is -0.145. The van der Waals surface area contributed by atoms with E-state index in [1.807, 2.05) is 29.5 Å². The molecule has 138 valence electrons. The minimum Gasteiger partial charge on any atom is -0.346 e. The maximum absolute atomic E-state index is 13.4. The van der Waals surface area contributed by atoms with Gasteiger partial charge >= 0.3 is 6.18 Å². The molecule has 3 aromatic rings. The molecule has 0 saturated carbocycles. The average Bonchev–Trinajstić information content (AvgIpc) is 3.17. The van der Waals surface area contributed by atoms with E-state index in [2.05, 4.69) is 15.4 Å². The number of carbonyl (C=O) groups is 1. The molecule has 0 saturated heterocycles.